The molecule has 0 atom stereocenters. The third-order valence-corrected chi connectivity index (χ3v) is 3.45. The maximum atomic E-state index is 5.87. The van der Waals surface area contributed by atoms with Crippen molar-refractivity contribution in [3.8, 4) is 5.75 Å². The van der Waals surface area contributed by atoms with E-state index >= 15 is 0 Å². The lowest BCUT2D eigenvalue weighted by Crippen LogP contribution is -2.03. The quantitative estimate of drug-likeness (QED) is 0.904. The number of benzene rings is 1. The van der Waals surface area contributed by atoms with Crippen LogP contribution in [0.25, 0.3) is 0 Å². The summed E-state index contributed by atoms with van der Waals surface area (Å²) in [6.07, 6.45) is 0. The molecular weight excluding hydrogens is 306 g/mol. The van der Waals surface area contributed by atoms with Gasteiger partial charge in [0.1, 0.15) is 23.9 Å². The van der Waals surface area contributed by atoms with E-state index in [9.17, 15) is 0 Å². The van der Waals surface area contributed by atoms with Gasteiger partial charge in [-0.05, 0) is 44.7 Å². The van der Waals surface area contributed by atoms with Crippen molar-refractivity contribution in [3.63, 3.8) is 0 Å². The van der Waals surface area contributed by atoms with Crippen molar-refractivity contribution in [2.24, 2.45) is 0 Å². The molecule has 1 aromatic carbocycles. The Bertz CT molecular complexity index is 563. The van der Waals surface area contributed by atoms with Crippen LogP contribution in [0.4, 0.5) is 0 Å². The van der Waals surface area contributed by atoms with Gasteiger partial charge in [-0.3, -0.25) is 0 Å². The maximum Gasteiger partial charge on any atom is 0.123 e. The molecule has 0 saturated heterocycles. The summed E-state index contributed by atoms with van der Waals surface area (Å²) < 4.78 is 12.5. The second-order valence-corrected chi connectivity index (χ2v) is 5.44. The Labute approximate surface area is 122 Å². The molecule has 4 heteroatoms. The summed E-state index contributed by atoms with van der Waals surface area (Å²) in [6.45, 7) is 5.26. The summed E-state index contributed by atoms with van der Waals surface area (Å²) in [5.41, 5.74) is 2.21. The van der Waals surface area contributed by atoms with Gasteiger partial charge >= 0.3 is 0 Å². The van der Waals surface area contributed by atoms with Gasteiger partial charge in [-0.2, -0.15) is 0 Å². The molecule has 102 valence electrons. The summed E-state index contributed by atoms with van der Waals surface area (Å²) >= 11 is 3.45. The molecule has 1 aromatic heterocycles. The van der Waals surface area contributed by atoms with Crippen LogP contribution in [0.5, 0.6) is 5.75 Å². The number of nitrogens with one attached hydrogen (secondary N) is 1. The molecule has 2 aromatic rings. The molecule has 1 N–H and O–H groups in total. The lowest BCUT2D eigenvalue weighted by molar-refractivity contribution is 0.300. The van der Waals surface area contributed by atoms with Crippen LogP contribution >= 0.6 is 15.9 Å². The van der Waals surface area contributed by atoms with Crippen LogP contribution in [0.15, 0.2) is 33.2 Å². The molecule has 3 nitrogen and oxygen atoms in total. The highest BCUT2D eigenvalue weighted by Crippen LogP contribution is 2.25. The predicted octanol–water partition coefficient (Wildman–Crippen LogP) is 3.96. The van der Waals surface area contributed by atoms with E-state index in [1.54, 1.807) is 0 Å². The molecule has 0 aliphatic heterocycles. The average Bonchev–Trinajstić information content (AvgIpc) is 2.71. The van der Waals surface area contributed by atoms with Crippen molar-refractivity contribution < 1.29 is 9.15 Å². The molecule has 0 aliphatic carbocycles. The second kappa shape index (κ2) is 6.26. The minimum atomic E-state index is 0.524. The first-order valence-corrected chi connectivity index (χ1v) is 7.01. The minimum absolute atomic E-state index is 0.524. The summed E-state index contributed by atoms with van der Waals surface area (Å²) in [4.78, 5) is 0. The van der Waals surface area contributed by atoms with Crippen molar-refractivity contribution in [2.45, 2.75) is 27.0 Å². The molecular formula is C15H18BrNO2. The zero-order valence-corrected chi connectivity index (χ0v) is 13.0. The van der Waals surface area contributed by atoms with Gasteiger partial charge < -0.3 is 14.5 Å². The second-order valence-electron chi connectivity index (χ2n) is 4.52. The average molecular weight is 324 g/mol. The van der Waals surface area contributed by atoms with Crippen molar-refractivity contribution in [1.82, 2.24) is 5.32 Å². The number of aryl methyl sites for hydroxylation is 2. The molecule has 0 aliphatic rings. The van der Waals surface area contributed by atoms with E-state index in [1.807, 2.05) is 45.2 Å². The van der Waals surface area contributed by atoms with Crippen LogP contribution in [0.1, 0.15) is 22.6 Å². The van der Waals surface area contributed by atoms with Crippen LogP contribution in [0.3, 0.4) is 0 Å². The SMILES string of the molecule is CNCc1cc(COc2cc(Br)ccc2C)c(C)o1. The number of ether oxygens (including phenoxy) is 1. The first kappa shape index (κ1) is 14.2. The Morgan fingerprint density at radius 2 is 2.05 bits per heavy atom. The third kappa shape index (κ3) is 3.61. The normalized spacial score (nSPS) is 10.7. The monoisotopic (exact) mass is 323 g/mol. The van der Waals surface area contributed by atoms with Crippen molar-refractivity contribution in [2.75, 3.05) is 7.05 Å². The highest BCUT2D eigenvalue weighted by Gasteiger charge is 2.08. The first-order chi connectivity index (χ1) is 9.10. The van der Waals surface area contributed by atoms with E-state index in [2.05, 4.69) is 21.2 Å². The van der Waals surface area contributed by atoms with Crippen LogP contribution in [-0.2, 0) is 13.2 Å². The Kier molecular flexibility index (Phi) is 4.66. The number of furan rings is 1. The van der Waals surface area contributed by atoms with Crippen molar-refractivity contribution in [3.05, 3.63) is 51.4 Å². The fourth-order valence-corrected chi connectivity index (χ4v) is 2.22. The van der Waals surface area contributed by atoms with Crippen LogP contribution in [0, 0.1) is 13.8 Å². The molecule has 0 saturated carbocycles. The van der Waals surface area contributed by atoms with Crippen LogP contribution in [0.2, 0.25) is 0 Å². The van der Waals surface area contributed by atoms with Gasteiger partial charge in [0.15, 0.2) is 0 Å². The van der Waals surface area contributed by atoms with Gasteiger partial charge in [0.05, 0.1) is 6.54 Å². The van der Waals surface area contributed by atoms with Gasteiger partial charge in [0.2, 0.25) is 0 Å². The fraction of sp³-hybridized carbons (Fsp3) is 0.333. The Morgan fingerprint density at radius 1 is 1.26 bits per heavy atom. The number of rotatable bonds is 5. The van der Waals surface area contributed by atoms with Gasteiger partial charge in [-0.15, -0.1) is 0 Å². The van der Waals surface area contributed by atoms with E-state index in [-0.39, 0.29) is 0 Å². The van der Waals surface area contributed by atoms with Crippen molar-refractivity contribution >= 4 is 15.9 Å². The van der Waals surface area contributed by atoms with E-state index in [0.717, 1.165) is 39.4 Å². The summed E-state index contributed by atoms with van der Waals surface area (Å²) in [7, 11) is 1.90. The van der Waals surface area contributed by atoms with Gasteiger partial charge in [0.25, 0.3) is 0 Å². The smallest absolute Gasteiger partial charge is 0.123 e. The Morgan fingerprint density at radius 3 is 2.79 bits per heavy atom. The van der Waals surface area contributed by atoms with Gasteiger partial charge in [-0.25, -0.2) is 0 Å². The summed E-state index contributed by atoms with van der Waals surface area (Å²) in [5, 5.41) is 3.07. The number of hydrogen-bond acceptors (Lipinski definition) is 3. The fourth-order valence-electron chi connectivity index (χ4n) is 1.88. The standard InChI is InChI=1S/C15H18BrNO2/c1-10-4-5-13(16)7-15(10)18-9-12-6-14(8-17-3)19-11(12)2/h4-7,17H,8-9H2,1-3H3. The molecule has 1 heterocycles. The van der Waals surface area contributed by atoms with E-state index in [4.69, 9.17) is 9.15 Å². The lowest BCUT2D eigenvalue weighted by Gasteiger charge is -2.08. The molecule has 0 unspecified atom stereocenters. The highest BCUT2D eigenvalue weighted by molar-refractivity contribution is 9.10. The van der Waals surface area contributed by atoms with E-state index in [0.29, 0.717) is 6.61 Å². The Hall–Kier alpha value is -1.26. The predicted molar refractivity (Wildman–Crippen MR) is 79.4 cm³/mol. The van der Waals surface area contributed by atoms with Crippen LogP contribution < -0.4 is 10.1 Å². The largest absolute Gasteiger partial charge is 0.488 e. The number of hydrogen-bond donors (Lipinski definition) is 1. The molecule has 0 bridgehead atoms. The molecule has 0 fully saturated rings. The molecule has 0 spiro atoms. The molecule has 2 rings (SSSR count). The molecule has 19 heavy (non-hydrogen) atoms. The zero-order valence-electron chi connectivity index (χ0n) is 11.4. The van der Waals surface area contributed by atoms with Crippen molar-refractivity contribution in [1.29, 1.82) is 0 Å². The number of halogens is 1. The minimum Gasteiger partial charge on any atom is -0.488 e. The summed E-state index contributed by atoms with van der Waals surface area (Å²) in [6, 6.07) is 8.07. The zero-order chi connectivity index (χ0) is 13.8. The summed E-state index contributed by atoms with van der Waals surface area (Å²) in [5.74, 6) is 2.74. The Balaban J connectivity index is 2.07. The van der Waals surface area contributed by atoms with E-state index < -0.39 is 0 Å². The van der Waals surface area contributed by atoms with E-state index in [1.165, 1.54) is 0 Å². The lowest BCUT2D eigenvalue weighted by atomic mass is 10.2. The van der Waals surface area contributed by atoms with Gasteiger partial charge in [0, 0.05) is 10.0 Å². The molecule has 0 amide bonds. The van der Waals surface area contributed by atoms with Crippen LogP contribution in [-0.4, -0.2) is 7.05 Å². The topological polar surface area (TPSA) is 34.4 Å². The van der Waals surface area contributed by atoms with Gasteiger partial charge in [-0.1, -0.05) is 22.0 Å². The first-order valence-electron chi connectivity index (χ1n) is 6.22. The highest BCUT2D eigenvalue weighted by atomic mass is 79.9. The third-order valence-electron chi connectivity index (χ3n) is 2.96. The molecule has 0 radical (unpaired) electrons. The maximum absolute atomic E-state index is 5.87.